The van der Waals surface area contributed by atoms with Crippen LogP contribution in [0, 0.1) is 5.92 Å². The maximum atomic E-state index is 12.4. The zero-order chi connectivity index (χ0) is 18.0. The number of carbonyl (C=O) groups is 2. The first-order valence-corrected chi connectivity index (χ1v) is 8.08. The minimum Gasteiger partial charge on any atom is -0.467 e. The third-order valence-electron chi connectivity index (χ3n) is 4.00. The molecule has 25 heavy (non-hydrogen) atoms. The number of amides is 1. The second-order valence-electron chi connectivity index (χ2n) is 6.30. The summed E-state index contributed by atoms with van der Waals surface area (Å²) >= 11 is 0. The van der Waals surface area contributed by atoms with Gasteiger partial charge in [-0.3, -0.25) is 4.79 Å². The average Bonchev–Trinajstić information content (AvgIpc) is 3.19. The SMILES string of the molecule is COC(=O)C(CC(C)C)N1CC(Oc2cccc3ocnc23)=CC1=O. The van der Waals surface area contributed by atoms with Crippen molar-refractivity contribution in [1.29, 1.82) is 0 Å². The highest BCUT2D eigenvalue weighted by Crippen LogP contribution is 2.28. The summed E-state index contributed by atoms with van der Waals surface area (Å²) in [5.74, 6) is 0.517. The van der Waals surface area contributed by atoms with Crippen molar-refractivity contribution in [2.45, 2.75) is 26.3 Å². The first-order valence-electron chi connectivity index (χ1n) is 8.08. The van der Waals surface area contributed by atoms with E-state index in [4.69, 9.17) is 13.9 Å². The lowest BCUT2D eigenvalue weighted by Gasteiger charge is -2.27. The Morgan fingerprint density at radius 3 is 2.92 bits per heavy atom. The summed E-state index contributed by atoms with van der Waals surface area (Å²) in [6, 6.07) is 4.70. The number of methoxy groups -OCH3 is 1. The number of para-hydroxylation sites is 1. The summed E-state index contributed by atoms with van der Waals surface area (Å²) in [6.07, 6.45) is 3.27. The van der Waals surface area contributed by atoms with Crippen LogP contribution in [0.5, 0.6) is 5.75 Å². The molecule has 0 saturated heterocycles. The molecule has 7 heteroatoms. The minimum atomic E-state index is -0.627. The van der Waals surface area contributed by atoms with Gasteiger partial charge in [-0.2, -0.15) is 0 Å². The monoisotopic (exact) mass is 344 g/mol. The summed E-state index contributed by atoms with van der Waals surface area (Å²) in [5, 5.41) is 0. The van der Waals surface area contributed by atoms with Gasteiger partial charge in [-0.05, 0) is 24.5 Å². The molecule has 2 aromatic rings. The van der Waals surface area contributed by atoms with E-state index >= 15 is 0 Å². The van der Waals surface area contributed by atoms with Gasteiger partial charge in [0, 0.05) is 6.08 Å². The molecule has 3 rings (SSSR count). The number of rotatable bonds is 6. The molecule has 2 heterocycles. The molecule has 1 aliphatic heterocycles. The van der Waals surface area contributed by atoms with Crippen molar-refractivity contribution in [3.63, 3.8) is 0 Å². The Bertz CT molecular complexity index is 824. The summed E-state index contributed by atoms with van der Waals surface area (Å²) in [6.45, 7) is 4.19. The van der Waals surface area contributed by atoms with Gasteiger partial charge in [-0.15, -0.1) is 0 Å². The summed E-state index contributed by atoms with van der Waals surface area (Å²) in [4.78, 5) is 30.0. The summed E-state index contributed by atoms with van der Waals surface area (Å²) < 4.78 is 15.9. The van der Waals surface area contributed by atoms with Crippen molar-refractivity contribution in [1.82, 2.24) is 9.88 Å². The van der Waals surface area contributed by atoms with Crippen molar-refractivity contribution in [2.75, 3.05) is 13.7 Å². The number of ether oxygens (including phenoxy) is 2. The Hall–Kier alpha value is -2.83. The zero-order valence-corrected chi connectivity index (χ0v) is 14.4. The van der Waals surface area contributed by atoms with Crippen LogP contribution in [0.25, 0.3) is 11.1 Å². The van der Waals surface area contributed by atoms with Gasteiger partial charge in [0.15, 0.2) is 23.2 Å². The minimum absolute atomic E-state index is 0.208. The van der Waals surface area contributed by atoms with Gasteiger partial charge in [0.2, 0.25) is 0 Å². The van der Waals surface area contributed by atoms with Crippen LogP contribution >= 0.6 is 0 Å². The molecule has 132 valence electrons. The van der Waals surface area contributed by atoms with Crippen LogP contribution in [0.15, 0.2) is 40.8 Å². The van der Waals surface area contributed by atoms with Gasteiger partial charge in [0.1, 0.15) is 11.8 Å². The molecule has 0 fully saturated rings. The lowest BCUT2D eigenvalue weighted by molar-refractivity contribution is -0.151. The van der Waals surface area contributed by atoms with Crippen LogP contribution in [-0.4, -0.2) is 41.5 Å². The van der Waals surface area contributed by atoms with Crippen LogP contribution in [0.4, 0.5) is 0 Å². The zero-order valence-electron chi connectivity index (χ0n) is 14.4. The number of oxazole rings is 1. The standard InChI is InChI=1S/C18H20N2O5/c1-11(2)7-13(18(22)23-3)20-9-12(8-16(20)21)25-15-6-4-5-14-17(15)19-10-24-14/h4-6,8,10-11,13H,7,9H2,1-3H3. The van der Waals surface area contributed by atoms with Crippen molar-refractivity contribution in [3.8, 4) is 5.75 Å². The topological polar surface area (TPSA) is 81.9 Å². The van der Waals surface area contributed by atoms with Gasteiger partial charge in [0.25, 0.3) is 5.91 Å². The fourth-order valence-corrected chi connectivity index (χ4v) is 2.85. The number of esters is 1. The van der Waals surface area contributed by atoms with Crippen LogP contribution in [0.2, 0.25) is 0 Å². The van der Waals surface area contributed by atoms with Crippen molar-refractivity contribution in [2.24, 2.45) is 5.92 Å². The van der Waals surface area contributed by atoms with E-state index in [1.54, 1.807) is 18.2 Å². The number of hydrogen-bond acceptors (Lipinski definition) is 6. The van der Waals surface area contributed by atoms with Gasteiger partial charge < -0.3 is 18.8 Å². The molecular formula is C18H20N2O5. The summed E-state index contributed by atoms with van der Waals surface area (Å²) in [5.41, 5.74) is 1.19. The second-order valence-corrected chi connectivity index (χ2v) is 6.30. The van der Waals surface area contributed by atoms with E-state index in [1.807, 2.05) is 13.8 Å². The van der Waals surface area contributed by atoms with E-state index in [0.29, 0.717) is 29.0 Å². The maximum Gasteiger partial charge on any atom is 0.328 e. The fourth-order valence-electron chi connectivity index (χ4n) is 2.85. The molecular weight excluding hydrogens is 324 g/mol. The second kappa shape index (κ2) is 6.96. The third-order valence-corrected chi connectivity index (χ3v) is 4.00. The molecule has 1 aliphatic rings. The van der Waals surface area contributed by atoms with Crippen LogP contribution in [-0.2, 0) is 14.3 Å². The van der Waals surface area contributed by atoms with Crippen LogP contribution < -0.4 is 4.74 Å². The van der Waals surface area contributed by atoms with Crippen molar-refractivity contribution >= 4 is 23.0 Å². The molecule has 1 amide bonds. The maximum absolute atomic E-state index is 12.4. The molecule has 0 bridgehead atoms. The van der Waals surface area contributed by atoms with Crippen LogP contribution in [0.1, 0.15) is 20.3 Å². The highest BCUT2D eigenvalue weighted by atomic mass is 16.5. The Labute approximate surface area is 145 Å². The molecule has 0 saturated carbocycles. The lowest BCUT2D eigenvalue weighted by Crippen LogP contribution is -2.44. The average molecular weight is 344 g/mol. The molecule has 7 nitrogen and oxygen atoms in total. The normalized spacial score (nSPS) is 15.6. The van der Waals surface area contributed by atoms with E-state index in [2.05, 4.69) is 4.98 Å². The largest absolute Gasteiger partial charge is 0.467 e. The first kappa shape index (κ1) is 17.0. The van der Waals surface area contributed by atoms with E-state index in [0.717, 1.165) is 0 Å². The quantitative estimate of drug-likeness (QED) is 0.749. The van der Waals surface area contributed by atoms with Crippen LogP contribution in [0.3, 0.4) is 0 Å². The number of hydrogen-bond donors (Lipinski definition) is 0. The fraction of sp³-hybridized carbons (Fsp3) is 0.389. The Morgan fingerprint density at radius 1 is 1.40 bits per heavy atom. The predicted molar refractivity (Wildman–Crippen MR) is 89.7 cm³/mol. The van der Waals surface area contributed by atoms with Crippen molar-refractivity contribution in [3.05, 3.63) is 36.4 Å². The molecule has 0 spiro atoms. The smallest absolute Gasteiger partial charge is 0.328 e. The Morgan fingerprint density at radius 2 is 2.20 bits per heavy atom. The Kier molecular flexibility index (Phi) is 4.74. The molecule has 0 aliphatic carbocycles. The van der Waals surface area contributed by atoms with Gasteiger partial charge >= 0.3 is 5.97 Å². The number of aromatic nitrogens is 1. The molecule has 0 N–H and O–H groups in total. The first-order chi connectivity index (χ1) is 12.0. The van der Waals surface area contributed by atoms with Crippen molar-refractivity contribution < 1.29 is 23.5 Å². The predicted octanol–water partition coefficient (Wildman–Crippen LogP) is 2.52. The van der Waals surface area contributed by atoms with Gasteiger partial charge in [-0.1, -0.05) is 19.9 Å². The highest BCUT2D eigenvalue weighted by Gasteiger charge is 2.35. The lowest BCUT2D eigenvalue weighted by atomic mass is 10.0. The highest BCUT2D eigenvalue weighted by molar-refractivity contribution is 5.94. The van der Waals surface area contributed by atoms with E-state index < -0.39 is 12.0 Å². The third kappa shape index (κ3) is 3.50. The molecule has 1 unspecified atom stereocenters. The van der Waals surface area contributed by atoms with Gasteiger partial charge in [-0.25, -0.2) is 9.78 Å². The molecule has 1 aromatic heterocycles. The van der Waals surface area contributed by atoms with E-state index in [1.165, 1.54) is 24.5 Å². The number of fused-ring (bicyclic) bond motifs is 1. The number of carbonyl (C=O) groups excluding carboxylic acids is 2. The number of nitrogens with zero attached hydrogens (tertiary/aromatic N) is 2. The Balaban J connectivity index is 1.77. The molecule has 0 radical (unpaired) electrons. The molecule has 1 aromatic carbocycles. The molecule has 1 atom stereocenters. The number of benzene rings is 1. The summed E-state index contributed by atoms with van der Waals surface area (Å²) in [7, 11) is 1.33. The van der Waals surface area contributed by atoms with E-state index in [9.17, 15) is 9.59 Å². The van der Waals surface area contributed by atoms with E-state index in [-0.39, 0.29) is 18.4 Å². The van der Waals surface area contributed by atoms with Gasteiger partial charge in [0.05, 0.1) is 13.7 Å².